The fraction of sp³-hybridized carbons (Fsp3) is 0.133. The van der Waals surface area contributed by atoms with E-state index in [0.29, 0.717) is 6.54 Å². The number of nitrogens with two attached hydrogens (primary N) is 1. The molecular weight excluding hydrogens is 222 g/mol. The van der Waals surface area contributed by atoms with Gasteiger partial charge < -0.3 is 10.1 Å². The molecule has 0 bridgehead atoms. The summed E-state index contributed by atoms with van der Waals surface area (Å²) in [6.45, 7) is 0.542. The monoisotopic (exact) mass is 237 g/mol. The zero-order chi connectivity index (χ0) is 12.4. The van der Waals surface area contributed by atoms with Crippen LogP contribution in [-0.4, -0.2) is 9.38 Å². The fourth-order valence-corrected chi connectivity index (χ4v) is 2.22. The summed E-state index contributed by atoms with van der Waals surface area (Å²) in [5, 5.41) is 0. The first kappa shape index (κ1) is 11.0. The van der Waals surface area contributed by atoms with Gasteiger partial charge in [-0.05, 0) is 17.2 Å². The smallest absolute Gasteiger partial charge is 0.117 e. The van der Waals surface area contributed by atoms with Crippen molar-refractivity contribution in [2.75, 3.05) is 0 Å². The third kappa shape index (κ3) is 1.89. The summed E-state index contributed by atoms with van der Waals surface area (Å²) in [4.78, 5) is 4.51. The summed E-state index contributed by atoms with van der Waals surface area (Å²) >= 11 is 0. The van der Waals surface area contributed by atoms with Crippen LogP contribution in [-0.2, 0) is 13.0 Å². The number of fused-ring (bicyclic) bond motifs is 1. The van der Waals surface area contributed by atoms with E-state index in [1.807, 2.05) is 30.6 Å². The van der Waals surface area contributed by atoms with Gasteiger partial charge in [0.1, 0.15) is 5.82 Å². The van der Waals surface area contributed by atoms with Gasteiger partial charge in [0, 0.05) is 19.2 Å². The van der Waals surface area contributed by atoms with E-state index in [-0.39, 0.29) is 0 Å². The number of nitrogens with zero attached hydrogens (tertiary/aromatic N) is 2. The molecule has 0 amide bonds. The molecule has 0 radical (unpaired) electrons. The zero-order valence-corrected chi connectivity index (χ0v) is 10.1. The van der Waals surface area contributed by atoms with Crippen molar-refractivity contribution in [2.45, 2.75) is 13.0 Å². The van der Waals surface area contributed by atoms with Crippen molar-refractivity contribution in [1.82, 2.24) is 9.38 Å². The van der Waals surface area contributed by atoms with Crippen molar-refractivity contribution in [1.29, 1.82) is 0 Å². The number of pyridine rings is 1. The van der Waals surface area contributed by atoms with Crippen molar-refractivity contribution >= 4 is 5.52 Å². The van der Waals surface area contributed by atoms with Gasteiger partial charge >= 0.3 is 0 Å². The van der Waals surface area contributed by atoms with Crippen LogP contribution in [0.2, 0.25) is 0 Å². The van der Waals surface area contributed by atoms with Crippen molar-refractivity contribution in [3.8, 4) is 0 Å². The molecule has 1 aromatic carbocycles. The molecule has 0 saturated carbocycles. The van der Waals surface area contributed by atoms with E-state index < -0.39 is 0 Å². The van der Waals surface area contributed by atoms with Gasteiger partial charge in [0.25, 0.3) is 0 Å². The Morgan fingerprint density at radius 3 is 2.67 bits per heavy atom. The summed E-state index contributed by atoms with van der Waals surface area (Å²) in [6, 6.07) is 14.4. The lowest BCUT2D eigenvalue weighted by atomic mass is 10.1. The van der Waals surface area contributed by atoms with Crippen LogP contribution in [0.1, 0.15) is 17.0 Å². The molecule has 0 aliphatic carbocycles. The van der Waals surface area contributed by atoms with Crippen LogP contribution < -0.4 is 5.73 Å². The van der Waals surface area contributed by atoms with Gasteiger partial charge in [0.2, 0.25) is 0 Å². The van der Waals surface area contributed by atoms with Gasteiger partial charge in [-0.15, -0.1) is 0 Å². The third-order valence-electron chi connectivity index (χ3n) is 3.16. The minimum atomic E-state index is 0.542. The number of benzene rings is 1. The van der Waals surface area contributed by atoms with Gasteiger partial charge in [-0.2, -0.15) is 0 Å². The van der Waals surface area contributed by atoms with E-state index in [1.165, 1.54) is 5.56 Å². The lowest BCUT2D eigenvalue weighted by Gasteiger charge is -2.04. The maximum Gasteiger partial charge on any atom is 0.117 e. The molecule has 3 nitrogen and oxygen atoms in total. The molecule has 90 valence electrons. The van der Waals surface area contributed by atoms with E-state index >= 15 is 0 Å². The highest BCUT2D eigenvalue weighted by Gasteiger charge is 2.06. The van der Waals surface area contributed by atoms with Crippen molar-refractivity contribution in [3.05, 3.63) is 71.8 Å². The van der Waals surface area contributed by atoms with Crippen LogP contribution in [0, 0.1) is 0 Å². The van der Waals surface area contributed by atoms with E-state index in [4.69, 9.17) is 5.73 Å². The Bertz CT molecular complexity index is 656. The molecule has 18 heavy (non-hydrogen) atoms. The van der Waals surface area contributed by atoms with E-state index in [0.717, 1.165) is 23.3 Å². The second-order valence-corrected chi connectivity index (χ2v) is 4.33. The van der Waals surface area contributed by atoms with Crippen LogP contribution >= 0.6 is 0 Å². The molecule has 0 atom stereocenters. The summed E-state index contributed by atoms with van der Waals surface area (Å²) in [5.41, 5.74) is 9.24. The molecule has 0 fully saturated rings. The average Bonchev–Trinajstić information content (AvgIpc) is 2.83. The molecule has 0 aliphatic rings. The second-order valence-electron chi connectivity index (χ2n) is 4.33. The Kier molecular flexibility index (Phi) is 2.82. The Morgan fingerprint density at radius 1 is 1.06 bits per heavy atom. The molecule has 0 unspecified atom stereocenters. The first-order valence-corrected chi connectivity index (χ1v) is 6.06. The maximum atomic E-state index is 5.74. The molecule has 3 rings (SSSR count). The Labute approximate surface area is 106 Å². The van der Waals surface area contributed by atoms with E-state index in [9.17, 15) is 0 Å². The fourth-order valence-electron chi connectivity index (χ4n) is 2.22. The Morgan fingerprint density at radius 2 is 1.89 bits per heavy atom. The minimum Gasteiger partial charge on any atom is -0.326 e. The highest BCUT2D eigenvalue weighted by molar-refractivity contribution is 5.54. The van der Waals surface area contributed by atoms with Crippen LogP contribution in [0.25, 0.3) is 5.52 Å². The van der Waals surface area contributed by atoms with Gasteiger partial charge in [0.05, 0.1) is 11.7 Å². The van der Waals surface area contributed by atoms with Crippen molar-refractivity contribution < 1.29 is 0 Å². The summed E-state index contributed by atoms with van der Waals surface area (Å²) < 4.78 is 2.12. The van der Waals surface area contributed by atoms with Gasteiger partial charge in [-0.3, -0.25) is 0 Å². The van der Waals surface area contributed by atoms with Crippen molar-refractivity contribution in [2.24, 2.45) is 5.73 Å². The van der Waals surface area contributed by atoms with Crippen LogP contribution in [0.15, 0.2) is 54.9 Å². The molecule has 0 saturated heterocycles. The summed E-state index contributed by atoms with van der Waals surface area (Å²) in [6.07, 6.45) is 4.78. The predicted octanol–water partition coefficient (Wildman–Crippen LogP) is 2.38. The predicted molar refractivity (Wildman–Crippen MR) is 72.3 cm³/mol. The third-order valence-corrected chi connectivity index (χ3v) is 3.16. The minimum absolute atomic E-state index is 0.542. The number of hydrogen-bond donors (Lipinski definition) is 1. The number of rotatable bonds is 3. The quantitative estimate of drug-likeness (QED) is 0.760. The zero-order valence-electron chi connectivity index (χ0n) is 10.1. The molecule has 2 heterocycles. The Balaban J connectivity index is 2.03. The van der Waals surface area contributed by atoms with Gasteiger partial charge in [-0.1, -0.05) is 36.4 Å². The molecule has 0 spiro atoms. The van der Waals surface area contributed by atoms with Crippen LogP contribution in [0.3, 0.4) is 0 Å². The number of hydrogen-bond acceptors (Lipinski definition) is 2. The SMILES string of the molecule is NCc1cccn2c(Cc3ccccc3)ncc12. The summed E-state index contributed by atoms with van der Waals surface area (Å²) in [5.74, 6) is 1.05. The first-order chi connectivity index (χ1) is 8.88. The molecule has 3 aromatic rings. The number of imidazole rings is 1. The standard InChI is InChI=1S/C15H15N3/c16-10-13-7-4-8-18-14(13)11-17-15(18)9-12-5-2-1-3-6-12/h1-8,11H,9-10,16H2. The van der Waals surface area contributed by atoms with E-state index in [1.54, 1.807) is 0 Å². The molecule has 3 heteroatoms. The largest absolute Gasteiger partial charge is 0.326 e. The first-order valence-electron chi connectivity index (χ1n) is 6.06. The van der Waals surface area contributed by atoms with Crippen LogP contribution in [0.4, 0.5) is 0 Å². The lowest BCUT2D eigenvalue weighted by Crippen LogP contribution is -2.01. The van der Waals surface area contributed by atoms with Crippen LogP contribution in [0.5, 0.6) is 0 Å². The normalized spacial score (nSPS) is 10.9. The molecular formula is C15H15N3. The highest BCUT2D eigenvalue weighted by Crippen LogP contribution is 2.15. The average molecular weight is 237 g/mol. The lowest BCUT2D eigenvalue weighted by molar-refractivity contribution is 0.951. The van der Waals surface area contributed by atoms with Crippen molar-refractivity contribution in [3.63, 3.8) is 0 Å². The van der Waals surface area contributed by atoms with E-state index in [2.05, 4.69) is 33.7 Å². The Hall–Kier alpha value is -2.13. The summed E-state index contributed by atoms with van der Waals surface area (Å²) in [7, 11) is 0. The molecule has 2 N–H and O–H groups in total. The second kappa shape index (κ2) is 4.63. The topological polar surface area (TPSA) is 43.3 Å². The van der Waals surface area contributed by atoms with Gasteiger partial charge in [-0.25, -0.2) is 4.98 Å². The molecule has 0 aliphatic heterocycles. The number of aromatic nitrogens is 2. The highest BCUT2D eigenvalue weighted by atomic mass is 15.0. The van der Waals surface area contributed by atoms with Gasteiger partial charge in [0.15, 0.2) is 0 Å². The molecule has 2 aromatic heterocycles. The maximum absolute atomic E-state index is 5.74.